The van der Waals surface area contributed by atoms with Crippen molar-refractivity contribution in [3.8, 4) is 5.75 Å². The second-order valence-electron chi connectivity index (χ2n) is 6.89. The molecule has 3 rings (SSSR count). The van der Waals surface area contributed by atoms with Crippen LogP contribution in [0.4, 0.5) is 5.69 Å². The van der Waals surface area contributed by atoms with E-state index >= 15 is 0 Å². The molecule has 1 heterocycles. The van der Waals surface area contributed by atoms with Crippen LogP contribution in [0.1, 0.15) is 25.7 Å². The second-order valence-corrected chi connectivity index (χ2v) is 6.89. The molecule has 1 aromatic carbocycles. The van der Waals surface area contributed by atoms with E-state index in [0.717, 1.165) is 19.3 Å². The fraction of sp³-hybridized carbons (Fsp3) is 0.579. The zero-order valence-corrected chi connectivity index (χ0v) is 15.0. The van der Waals surface area contributed by atoms with Gasteiger partial charge < -0.3 is 25.4 Å². The summed E-state index contributed by atoms with van der Waals surface area (Å²) in [5, 5.41) is 2.90. The lowest BCUT2D eigenvalue weighted by molar-refractivity contribution is -0.137. The molecule has 0 spiro atoms. The van der Waals surface area contributed by atoms with Crippen LogP contribution in [0.3, 0.4) is 0 Å². The third kappa shape index (κ3) is 4.95. The number of para-hydroxylation sites is 2. The molecule has 3 N–H and O–H groups in total. The fourth-order valence-corrected chi connectivity index (χ4v) is 3.50. The highest BCUT2D eigenvalue weighted by Crippen LogP contribution is 2.28. The number of benzene rings is 1. The van der Waals surface area contributed by atoms with Crippen LogP contribution in [0.5, 0.6) is 5.75 Å². The average Bonchev–Trinajstić information content (AvgIpc) is 3.06. The van der Waals surface area contributed by atoms with Crippen molar-refractivity contribution in [3.05, 3.63) is 24.3 Å². The van der Waals surface area contributed by atoms with Crippen molar-refractivity contribution in [2.45, 2.75) is 31.7 Å². The molecule has 2 atom stereocenters. The van der Waals surface area contributed by atoms with Crippen LogP contribution < -0.4 is 15.8 Å². The smallest absolute Gasteiger partial charge is 0.260 e. The van der Waals surface area contributed by atoms with Crippen molar-refractivity contribution in [1.82, 2.24) is 4.90 Å². The molecule has 7 nitrogen and oxygen atoms in total. The standard InChI is InChI=1S/C19H27N3O4/c20-15-5-3-4-14(15)12-18(23)21-16-6-1-2-7-17(16)26-13-19(24)22-8-10-25-11-9-22/h1-2,6-7,14-15H,3-5,8-13,20H2,(H,21,23)/t14-,15+/m0/s1. The zero-order chi connectivity index (χ0) is 18.4. The van der Waals surface area contributed by atoms with E-state index in [1.807, 2.05) is 12.1 Å². The lowest BCUT2D eigenvalue weighted by Crippen LogP contribution is -2.43. The normalized spacial score (nSPS) is 22.9. The van der Waals surface area contributed by atoms with Crippen LogP contribution in [0.25, 0.3) is 0 Å². The van der Waals surface area contributed by atoms with Gasteiger partial charge in [-0.1, -0.05) is 18.6 Å². The topological polar surface area (TPSA) is 93.9 Å². The number of morpholine rings is 1. The van der Waals surface area contributed by atoms with E-state index in [4.69, 9.17) is 15.2 Å². The van der Waals surface area contributed by atoms with E-state index in [0.29, 0.717) is 44.2 Å². The fourth-order valence-electron chi connectivity index (χ4n) is 3.50. The highest BCUT2D eigenvalue weighted by molar-refractivity contribution is 5.92. The highest BCUT2D eigenvalue weighted by Gasteiger charge is 2.26. The predicted molar refractivity (Wildman–Crippen MR) is 97.9 cm³/mol. The Morgan fingerprint density at radius 3 is 2.73 bits per heavy atom. The molecular weight excluding hydrogens is 334 g/mol. The Hall–Kier alpha value is -2.12. The Balaban J connectivity index is 1.53. The summed E-state index contributed by atoms with van der Waals surface area (Å²) in [6.07, 6.45) is 3.49. The largest absolute Gasteiger partial charge is 0.482 e. The number of rotatable bonds is 6. The molecule has 1 saturated carbocycles. The van der Waals surface area contributed by atoms with Gasteiger partial charge in [-0.25, -0.2) is 0 Å². The molecule has 0 unspecified atom stereocenters. The number of hydrogen-bond donors (Lipinski definition) is 2. The first kappa shape index (κ1) is 18.7. The summed E-state index contributed by atoms with van der Waals surface area (Å²) in [6, 6.07) is 7.29. The predicted octanol–water partition coefficient (Wildman–Crippen LogP) is 1.38. The van der Waals surface area contributed by atoms with Gasteiger partial charge in [0.1, 0.15) is 5.75 Å². The van der Waals surface area contributed by atoms with E-state index in [1.54, 1.807) is 17.0 Å². The molecule has 2 aliphatic rings. The van der Waals surface area contributed by atoms with Crippen molar-refractivity contribution in [3.63, 3.8) is 0 Å². The van der Waals surface area contributed by atoms with Crippen molar-refractivity contribution in [1.29, 1.82) is 0 Å². The lowest BCUT2D eigenvalue weighted by Gasteiger charge is -2.26. The molecular formula is C19H27N3O4. The summed E-state index contributed by atoms with van der Waals surface area (Å²) >= 11 is 0. The van der Waals surface area contributed by atoms with Gasteiger partial charge in [-0.15, -0.1) is 0 Å². The Morgan fingerprint density at radius 1 is 1.23 bits per heavy atom. The van der Waals surface area contributed by atoms with Crippen LogP contribution in [-0.4, -0.2) is 55.7 Å². The molecule has 1 aliphatic heterocycles. The van der Waals surface area contributed by atoms with Crippen LogP contribution >= 0.6 is 0 Å². The minimum atomic E-state index is -0.0774. The molecule has 2 fully saturated rings. The van der Waals surface area contributed by atoms with Gasteiger partial charge in [0.2, 0.25) is 5.91 Å². The maximum absolute atomic E-state index is 12.3. The van der Waals surface area contributed by atoms with E-state index in [1.165, 1.54) is 0 Å². The van der Waals surface area contributed by atoms with Gasteiger partial charge in [0.05, 0.1) is 18.9 Å². The minimum Gasteiger partial charge on any atom is -0.482 e. The van der Waals surface area contributed by atoms with Gasteiger partial charge in [-0.05, 0) is 30.9 Å². The first-order valence-electron chi connectivity index (χ1n) is 9.26. The molecule has 0 bridgehead atoms. The number of carbonyl (C=O) groups is 2. The number of hydrogen-bond acceptors (Lipinski definition) is 5. The SMILES string of the molecule is N[C@@H]1CCC[C@H]1CC(=O)Nc1ccccc1OCC(=O)N1CCOCC1. The Morgan fingerprint density at radius 2 is 2.00 bits per heavy atom. The molecule has 2 amide bonds. The summed E-state index contributed by atoms with van der Waals surface area (Å²) < 4.78 is 10.9. The quantitative estimate of drug-likeness (QED) is 0.798. The maximum atomic E-state index is 12.3. The number of amides is 2. The van der Waals surface area contributed by atoms with Gasteiger partial charge in [-0.2, -0.15) is 0 Å². The van der Waals surface area contributed by atoms with Gasteiger partial charge >= 0.3 is 0 Å². The van der Waals surface area contributed by atoms with Crippen LogP contribution in [0.15, 0.2) is 24.3 Å². The average molecular weight is 361 g/mol. The molecule has 26 heavy (non-hydrogen) atoms. The molecule has 1 aromatic rings. The van der Waals surface area contributed by atoms with E-state index in [-0.39, 0.29) is 30.4 Å². The lowest BCUT2D eigenvalue weighted by atomic mass is 10.00. The van der Waals surface area contributed by atoms with Crippen molar-refractivity contribution < 1.29 is 19.1 Å². The second kappa shape index (κ2) is 9.00. The summed E-state index contributed by atoms with van der Waals surface area (Å²) in [4.78, 5) is 26.3. The Bertz CT molecular complexity index is 631. The number of carbonyl (C=O) groups excluding carboxylic acids is 2. The molecule has 0 radical (unpaired) electrons. The van der Waals surface area contributed by atoms with E-state index in [9.17, 15) is 9.59 Å². The van der Waals surface area contributed by atoms with E-state index in [2.05, 4.69) is 5.32 Å². The minimum absolute atomic E-state index is 0.0552. The van der Waals surface area contributed by atoms with Crippen molar-refractivity contribution in [2.24, 2.45) is 11.7 Å². The van der Waals surface area contributed by atoms with Crippen LogP contribution in [0, 0.1) is 5.92 Å². The van der Waals surface area contributed by atoms with Crippen LogP contribution in [-0.2, 0) is 14.3 Å². The molecule has 1 aliphatic carbocycles. The number of anilines is 1. The maximum Gasteiger partial charge on any atom is 0.260 e. The monoisotopic (exact) mass is 361 g/mol. The van der Waals surface area contributed by atoms with Crippen molar-refractivity contribution in [2.75, 3.05) is 38.2 Å². The van der Waals surface area contributed by atoms with Gasteiger partial charge in [0, 0.05) is 25.6 Å². The third-order valence-corrected chi connectivity index (χ3v) is 5.04. The van der Waals surface area contributed by atoms with Gasteiger partial charge in [0.25, 0.3) is 5.91 Å². The number of nitrogens with zero attached hydrogens (tertiary/aromatic N) is 1. The summed E-state index contributed by atoms with van der Waals surface area (Å²) in [5.41, 5.74) is 6.63. The van der Waals surface area contributed by atoms with Crippen molar-refractivity contribution >= 4 is 17.5 Å². The molecule has 0 aromatic heterocycles. The number of ether oxygens (including phenoxy) is 2. The summed E-state index contributed by atoms with van der Waals surface area (Å²) in [6.45, 7) is 2.23. The molecule has 1 saturated heterocycles. The van der Waals surface area contributed by atoms with E-state index < -0.39 is 0 Å². The third-order valence-electron chi connectivity index (χ3n) is 5.04. The number of nitrogens with one attached hydrogen (secondary N) is 1. The molecule has 142 valence electrons. The Labute approximate surface area is 153 Å². The van der Waals surface area contributed by atoms with Gasteiger partial charge in [-0.3, -0.25) is 9.59 Å². The number of nitrogens with two attached hydrogens (primary N) is 1. The first-order valence-corrected chi connectivity index (χ1v) is 9.26. The van der Waals surface area contributed by atoms with Gasteiger partial charge in [0.15, 0.2) is 6.61 Å². The van der Waals surface area contributed by atoms with Crippen LogP contribution in [0.2, 0.25) is 0 Å². The first-order chi connectivity index (χ1) is 12.6. The summed E-state index contributed by atoms with van der Waals surface area (Å²) in [7, 11) is 0. The highest BCUT2D eigenvalue weighted by atomic mass is 16.5. The Kier molecular flexibility index (Phi) is 6.46. The molecule has 7 heteroatoms. The zero-order valence-electron chi connectivity index (χ0n) is 15.0. The summed E-state index contributed by atoms with van der Waals surface area (Å²) in [5.74, 6) is 0.596.